The fraction of sp³-hybridized carbons (Fsp3) is 0.333. The average molecular weight is 258 g/mol. The number of carbonyl (C=O) groups excluding carboxylic acids is 1. The summed E-state index contributed by atoms with van der Waals surface area (Å²) in [6.45, 7) is 2.06. The second-order valence-corrected chi connectivity index (χ2v) is 4.53. The lowest BCUT2D eigenvalue weighted by atomic mass is 10.0. The Morgan fingerprint density at radius 1 is 1.37 bits per heavy atom. The van der Waals surface area contributed by atoms with Gasteiger partial charge in [-0.15, -0.1) is 0 Å². The topological polar surface area (TPSA) is 44.1 Å². The number of aromatic nitrogens is 2. The van der Waals surface area contributed by atoms with Crippen molar-refractivity contribution in [3.05, 3.63) is 47.3 Å². The molecule has 2 rings (SSSR count). The number of Topliss-reactive ketones (excluding diaryl/α,β-unsaturated/α-hetero) is 1. The molecule has 0 N–H and O–H groups in total. The van der Waals surface area contributed by atoms with Crippen molar-refractivity contribution in [2.24, 2.45) is 7.05 Å². The molecular weight excluding hydrogens is 240 g/mol. The van der Waals surface area contributed by atoms with Gasteiger partial charge in [0.05, 0.1) is 13.3 Å². The van der Waals surface area contributed by atoms with Crippen LogP contribution in [0.25, 0.3) is 0 Å². The van der Waals surface area contributed by atoms with Gasteiger partial charge >= 0.3 is 0 Å². The third-order valence-corrected chi connectivity index (χ3v) is 3.27. The predicted octanol–water partition coefficient (Wildman–Crippen LogP) is 2.55. The molecule has 1 aromatic heterocycles. The molecule has 1 heterocycles. The molecule has 0 saturated carbocycles. The molecule has 0 aliphatic carbocycles. The van der Waals surface area contributed by atoms with Crippen molar-refractivity contribution in [2.75, 3.05) is 7.11 Å². The van der Waals surface area contributed by atoms with Gasteiger partial charge in [-0.2, -0.15) is 5.10 Å². The fourth-order valence-corrected chi connectivity index (χ4v) is 2.14. The van der Waals surface area contributed by atoms with Crippen molar-refractivity contribution in [3.63, 3.8) is 0 Å². The molecule has 0 spiro atoms. The van der Waals surface area contributed by atoms with E-state index < -0.39 is 0 Å². The van der Waals surface area contributed by atoms with E-state index in [0.29, 0.717) is 17.9 Å². The summed E-state index contributed by atoms with van der Waals surface area (Å²) >= 11 is 0. The first-order chi connectivity index (χ1) is 9.13. The van der Waals surface area contributed by atoms with E-state index in [2.05, 4.69) is 24.2 Å². The van der Waals surface area contributed by atoms with E-state index in [1.165, 1.54) is 11.1 Å². The van der Waals surface area contributed by atoms with Gasteiger partial charge in [-0.1, -0.05) is 24.3 Å². The molecule has 0 radical (unpaired) electrons. The van der Waals surface area contributed by atoms with Gasteiger partial charge in [0.15, 0.2) is 11.5 Å². The lowest BCUT2D eigenvalue weighted by Crippen LogP contribution is -2.09. The Kier molecular flexibility index (Phi) is 4.00. The lowest BCUT2D eigenvalue weighted by molar-refractivity contribution is 0.0970. The lowest BCUT2D eigenvalue weighted by Gasteiger charge is -2.06. The predicted molar refractivity (Wildman–Crippen MR) is 73.6 cm³/mol. The van der Waals surface area contributed by atoms with Crippen LogP contribution in [0.1, 0.15) is 28.0 Å². The fourth-order valence-electron chi connectivity index (χ4n) is 2.14. The Balaban J connectivity index is 2.10. The van der Waals surface area contributed by atoms with E-state index in [1.807, 2.05) is 12.1 Å². The summed E-state index contributed by atoms with van der Waals surface area (Å²) in [4.78, 5) is 12.3. The van der Waals surface area contributed by atoms with Crippen LogP contribution in [0.15, 0.2) is 30.5 Å². The summed E-state index contributed by atoms with van der Waals surface area (Å²) in [6.07, 6.45) is 2.77. The summed E-state index contributed by atoms with van der Waals surface area (Å²) in [5.41, 5.74) is 2.96. The number of nitrogens with zero attached hydrogens (tertiary/aromatic N) is 2. The molecule has 0 aliphatic rings. The van der Waals surface area contributed by atoms with Crippen molar-refractivity contribution in [1.82, 2.24) is 9.78 Å². The molecule has 2 aromatic rings. The number of carbonyl (C=O) groups is 1. The number of benzene rings is 1. The molecule has 0 saturated heterocycles. The van der Waals surface area contributed by atoms with Gasteiger partial charge in [-0.25, -0.2) is 0 Å². The van der Waals surface area contributed by atoms with Gasteiger partial charge < -0.3 is 4.74 Å². The van der Waals surface area contributed by atoms with Crippen LogP contribution in [-0.4, -0.2) is 22.7 Å². The molecule has 4 heteroatoms. The normalized spacial score (nSPS) is 10.5. The summed E-state index contributed by atoms with van der Waals surface area (Å²) in [5.74, 6) is 0.595. The van der Waals surface area contributed by atoms with Crippen molar-refractivity contribution < 1.29 is 9.53 Å². The molecule has 100 valence electrons. The van der Waals surface area contributed by atoms with E-state index in [1.54, 1.807) is 25.0 Å². The summed E-state index contributed by atoms with van der Waals surface area (Å²) in [5, 5.41) is 4.05. The second-order valence-electron chi connectivity index (χ2n) is 4.53. The third-order valence-electron chi connectivity index (χ3n) is 3.27. The van der Waals surface area contributed by atoms with Crippen molar-refractivity contribution >= 4 is 5.78 Å². The molecular formula is C15H18N2O2. The maximum Gasteiger partial charge on any atom is 0.184 e. The Morgan fingerprint density at radius 2 is 2.11 bits per heavy atom. The summed E-state index contributed by atoms with van der Waals surface area (Å²) in [6, 6.07) is 8.12. The van der Waals surface area contributed by atoms with Crippen molar-refractivity contribution in [3.8, 4) is 5.75 Å². The molecule has 0 unspecified atom stereocenters. The highest BCUT2D eigenvalue weighted by atomic mass is 16.5. The zero-order valence-electron chi connectivity index (χ0n) is 11.5. The smallest absolute Gasteiger partial charge is 0.184 e. The van der Waals surface area contributed by atoms with E-state index in [-0.39, 0.29) is 5.78 Å². The first-order valence-corrected chi connectivity index (χ1v) is 6.27. The Labute approximate surface area is 113 Å². The highest BCUT2D eigenvalue weighted by molar-refractivity contribution is 5.97. The highest BCUT2D eigenvalue weighted by Gasteiger charge is 2.17. The SMILES string of the molecule is COc1cnn(C)c1C(=O)CCc1ccccc1C. The van der Waals surface area contributed by atoms with Crippen LogP contribution in [0.3, 0.4) is 0 Å². The zero-order chi connectivity index (χ0) is 13.8. The van der Waals surface area contributed by atoms with Crippen LogP contribution < -0.4 is 4.74 Å². The van der Waals surface area contributed by atoms with Crippen LogP contribution in [0.2, 0.25) is 0 Å². The first kappa shape index (κ1) is 13.3. The molecule has 0 aliphatic heterocycles. The van der Waals surface area contributed by atoms with Crippen LogP contribution in [0.4, 0.5) is 0 Å². The van der Waals surface area contributed by atoms with Crippen LogP contribution in [0, 0.1) is 6.92 Å². The van der Waals surface area contributed by atoms with Crippen LogP contribution in [0.5, 0.6) is 5.75 Å². The molecule has 1 aromatic carbocycles. The number of hydrogen-bond acceptors (Lipinski definition) is 3. The monoisotopic (exact) mass is 258 g/mol. The Morgan fingerprint density at radius 3 is 2.79 bits per heavy atom. The number of methoxy groups -OCH3 is 1. The number of hydrogen-bond donors (Lipinski definition) is 0. The second kappa shape index (κ2) is 5.69. The molecule has 0 atom stereocenters. The maximum atomic E-state index is 12.3. The highest BCUT2D eigenvalue weighted by Crippen LogP contribution is 2.19. The van der Waals surface area contributed by atoms with Gasteiger partial charge in [-0.3, -0.25) is 9.48 Å². The van der Waals surface area contributed by atoms with Crippen molar-refractivity contribution in [2.45, 2.75) is 19.8 Å². The first-order valence-electron chi connectivity index (χ1n) is 6.27. The number of ketones is 1. The molecule has 19 heavy (non-hydrogen) atoms. The van der Waals surface area contributed by atoms with Crippen molar-refractivity contribution in [1.29, 1.82) is 0 Å². The van der Waals surface area contributed by atoms with Crippen LogP contribution >= 0.6 is 0 Å². The molecule has 0 amide bonds. The van der Waals surface area contributed by atoms with Gasteiger partial charge in [0, 0.05) is 13.5 Å². The molecule has 0 bridgehead atoms. The minimum Gasteiger partial charge on any atom is -0.493 e. The minimum absolute atomic E-state index is 0.0557. The van der Waals surface area contributed by atoms with E-state index in [4.69, 9.17) is 4.74 Å². The van der Waals surface area contributed by atoms with Gasteiger partial charge in [0.2, 0.25) is 0 Å². The minimum atomic E-state index is 0.0557. The van der Waals surface area contributed by atoms with Gasteiger partial charge in [0.25, 0.3) is 0 Å². The Hall–Kier alpha value is -2.10. The standard InChI is InChI=1S/C15H18N2O2/c1-11-6-4-5-7-12(11)8-9-13(18)15-14(19-3)10-16-17(15)2/h4-7,10H,8-9H2,1-3H3. The Bertz CT molecular complexity index is 588. The number of rotatable bonds is 5. The number of aryl methyl sites for hydroxylation is 3. The summed E-state index contributed by atoms with van der Waals surface area (Å²) < 4.78 is 6.73. The maximum absolute atomic E-state index is 12.3. The van der Waals surface area contributed by atoms with E-state index in [0.717, 1.165) is 6.42 Å². The van der Waals surface area contributed by atoms with E-state index >= 15 is 0 Å². The number of ether oxygens (including phenoxy) is 1. The van der Waals surface area contributed by atoms with E-state index in [9.17, 15) is 4.79 Å². The quantitative estimate of drug-likeness (QED) is 0.774. The largest absolute Gasteiger partial charge is 0.493 e. The molecule has 4 nitrogen and oxygen atoms in total. The average Bonchev–Trinajstić information content (AvgIpc) is 2.78. The van der Waals surface area contributed by atoms with Crippen LogP contribution in [-0.2, 0) is 13.5 Å². The van der Waals surface area contributed by atoms with Gasteiger partial charge in [0.1, 0.15) is 5.69 Å². The summed E-state index contributed by atoms with van der Waals surface area (Å²) in [7, 11) is 3.30. The third kappa shape index (κ3) is 2.84. The van der Waals surface area contributed by atoms with Gasteiger partial charge in [-0.05, 0) is 24.5 Å². The molecule has 0 fully saturated rings. The zero-order valence-corrected chi connectivity index (χ0v) is 11.5.